The summed E-state index contributed by atoms with van der Waals surface area (Å²) in [5.74, 6) is 0.287. The van der Waals surface area contributed by atoms with Crippen molar-refractivity contribution in [3.63, 3.8) is 0 Å². The number of piperidine rings is 1. The highest BCUT2D eigenvalue weighted by Gasteiger charge is 2.32. The number of methoxy groups -OCH3 is 1. The predicted octanol–water partition coefficient (Wildman–Crippen LogP) is 4.66. The molecule has 0 saturated carbocycles. The Hall–Kier alpha value is -2.07. The van der Waals surface area contributed by atoms with Gasteiger partial charge in [0, 0.05) is 22.8 Å². The molecule has 1 atom stereocenters. The molecule has 2 heterocycles. The van der Waals surface area contributed by atoms with E-state index in [1.807, 2.05) is 27.7 Å². The Balaban J connectivity index is 2.11. The smallest absolute Gasteiger partial charge is 0.410 e. The van der Waals surface area contributed by atoms with Crippen molar-refractivity contribution >= 4 is 23.4 Å². The molecule has 28 heavy (non-hydrogen) atoms. The molecule has 1 fully saturated rings. The monoisotopic (exact) mass is 406 g/mol. The van der Waals surface area contributed by atoms with E-state index in [-0.39, 0.29) is 24.4 Å². The number of carbonyl (C=O) groups is 2. The van der Waals surface area contributed by atoms with Gasteiger partial charge in [0.1, 0.15) is 5.60 Å². The molecule has 0 aliphatic carbocycles. The highest BCUT2D eigenvalue weighted by atomic mass is 32.1. The Morgan fingerprint density at radius 2 is 1.93 bits per heavy atom. The van der Waals surface area contributed by atoms with Crippen molar-refractivity contribution in [2.24, 2.45) is 5.92 Å². The van der Waals surface area contributed by atoms with Crippen LogP contribution in [0.5, 0.6) is 0 Å². The molecule has 1 aliphatic heterocycles. The van der Waals surface area contributed by atoms with E-state index in [2.05, 4.69) is 13.0 Å². The van der Waals surface area contributed by atoms with E-state index >= 15 is 0 Å². The standard InChI is InChI=1S/C21H30N2O4S/c1-13(15-8-11-23(12-9-15)20(25)27-21(3,4)5)18-14(2)17(19(24)26-6)16(28-18)7-10-22/h13,15H,7-9,11-12H2,1-6H3. The lowest BCUT2D eigenvalue weighted by atomic mass is 9.83. The molecule has 1 aromatic heterocycles. The summed E-state index contributed by atoms with van der Waals surface area (Å²) in [7, 11) is 1.37. The third-order valence-corrected chi connectivity index (χ3v) is 6.69. The quantitative estimate of drug-likeness (QED) is 0.680. The van der Waals surface area contributed by atoms with E-state index in [0.29, 0.717) is 24.6 Å². The van der Waals surface area contributed by atoms with Gasteiger partial charge in [0.25, 0.3) is 0 Å². The maximum Gasteiger partial charge on any atom is 0.410 e. The van der Waals surface area contributed by atoms with Crippen LogP contribution in [0.1, 0.15) is 72.1 Å². The Labute approximate surface area is 171 Å². The van der Waals surface area contributed by atoms with Gasteiger partial charge >= 0.3 is 12.1 Å². The van der Waals surface area contributed by atoms with Gasteiger partial charge in [-0.05, 0) is 57.9 Å². The van der Waals surface area contributed by atoms with E-state index in [0.717, 1.165) is 28.2 Å². The van der Waals surface area contributed by atoms with Crippen LogP contribution in [0.25, 0.3) is 0 Å². The third kappa shape index (κ3) is 5.05. The second kappa shape index (κ2) is 8.95. The molecule has 0 spiro atoms. The van der Waals surface area contributed by atoms with Gasteiger partial charge in [-0.2, -0.15) is 5.26 Å². The molecule has 0 radical (unpaired) electrons. The predicted molar refractivity (Wildman–Crippen MR) is 109 cm³/mol. The fourth-order valence-corrected chi connectivity index (χ4v) is 5.09. The second-order valence-electron chi connectivity index (χ2n) is 8.31. The van der Waals surface area contributed by atoms with Crippen LogP contribution >= 0.6 is 11.3 Å². The molecule has 1 aliphatic rings. The van der Waals surface area contributed by atoms with Crippen LogP contribution in [0.2, 0.25) is 0 Å². The number of thiophene rings is 1. The third-order valence-electron chi connectivity index (χ3n) is 5.20. The van der Waals surface area contributed by atoms with Gasteiger partial charge in [0.15, 0.2) is 0 Å². The van der Waals surface area contributed by atoms with Crippen LogP contribution in [-0.2, 0) is 15.9 Å². The van der Waals surface area contributed by atoms with Gasteiger partial charge < -0.3 is 14.4 Å². The Morgan fingerprint density at radius 1 is 1.32 bits per heavy atom. The van der Waals surface area contributed by atoms with Crippen molar-refractivity contribution in [3.05, 3.63) is 20.9 Å². The number of hydrogen-bond acceptors (Lipinski definition) is 6. The number of nitriles is 1. The van der Waals surface area contributed by atoms with Crippen molar-refractivity contribution in [1.82, 2.24) is 4.90 Å². The Morgan fingerprint density at radius 3 is 2.43 bits per heavy atom. The largest absolute Gasteiger partial charge is 0.465 e. The van der Waals surface area contributed by atoms with Crippen molar-refractivity contribution in [2.75, 3.05) is 20.2 Å². The molecule has 0 bridgehead atoms. The van der Waals surface area contributed by atoms with E-state index in [1.165, 1.54) is 7.11 Å². The maximum atomic E-state index is 12.3. The van der Waals surface area contributed by atoms with Crippen LogP contribution in [0.15, 0.2) is 0 Å². The average molecular weight is 407 g/mol. The normalized spacial score (nSPS) is 16.4. The number of rotatable bonds is 4. The number of carbonyl (C=O) groups excluding carboxylic acids is 2. The summed E-state index contributed by atoms with van der Waals surface area (Å²) in [4.78, 5) is 28.1. The van der Waals surface area contributed by atoms with Gasteiger partial charge in [0.05, 0.1) is 25.2 Å². The van der Waals surface area contributed by atoms with Crippen molar-refractivity contribution < 1.29 is 19.1 Å². The van der Waals surface area contributed by atoms with Crippen LogP contribution in [-0.4, -0.2) is 42.8 Å². The minimum absolute atomic E-state index is 0.208. The first kappa shape index (κ1) is 22.2. The molecule has 1 unspecified atom stereocenters. The molecule has 0 aromatic carbocycles. The van der Waals surface area contributed by atoms with Gasteiger partial charge in [-0.3, -0.25) is 0 Å². The Bertz CT molecular complexity index is 765. The minimum Gasteiger partial charge on any atom is -0.465 e. The highest BCUT2D eigenvalue weighted by Crippen LogP contribution is 2.40. The van der Waals surface area contributed by atoms with Crippen LogP contribution in [0.4, 0.5) is 4.79 Å². The zero-order chi connectivity index (χ0) is 21.1. The first-order chi connectivity index (χ1) is 13.1. The maximum absolute atomic E-state index is 12.3. The fraction of sp³-hybridized carbons (Fsp3) is 0.667. The lowest BCUT2D eigenvalue weighted by molar-refractivity contribution is 0.0176. The lowest BCUT2D eigenvalue weighted by Gasteiger charge is -2.35. The summed E-state index contributed by atoms with van der Waals surface area (Å²) >= 11 is 1.54. The van der Waals surface area contributed by atoms with Gasteiger partial charge in [0.2, 0.25) is 0 Å². The Kier molecular flexibility index (Phi) is 7.11. The topological polar surface area (TPSA) is 79.6 Å². The van der Waals surface area contributed by atoms with E-state index in [4.69, 9.17) is 14.7 Å². The molecule has 154 valence electrons. The number of esters is 1. The van der Waals surface area contributed by atoms with E-state index in [1.54, 1.807) is 16.2 Å². The van der Waals surface area contributed by atoms with Gasteiger partial charge in [-0.15, -0.1) is 11.3 Å². The molecule has 6 nitrogen and oxygen atoms in total. The molecule has 7 heteroatoms. The summed E-state index contributed by atoms with van der Waals surface area (Å²) in [6.07, 6.45) is 1.73. The average Bonchev–Trinajstić information content (AvgIpc) is 2.95. The molecular formula is C21H30N2O4S. The highest BCUT2D eigenvalue weighted by molar-refractivity contribution is 7.12. The number of amides is 1. The molecule has 2 rings (SSSR count). The van der Waals surface area contributed by atoms with Gasteiger partial charge in [-0.1, -0.05) is 6.92 Å². The number of likely N-dealkylation sites (tertiary alicyclic amines) is 1. The van der Waals surface area contributed by atoms with E-state index in [9.17, 15) is 9.59 Å². The summed E-state index contributed by atoms with van der Waals surface area (Å²) in [6.45, 7) is 11.1. The van der Waals surface area contributed by atoms with Crippen LogP contribution in [0, 0.1) is 24.2 Å². The molecule has 1 amide bonds. The zero-order valence-electron chi connectivity index (χ0n) is 17.6. The summed E-state index contributed by atoms with van der Waals surface area (Å²) in [5.41, 5.74) is 0.975. The van der Waals surface area contributed by atoms with Crippen LogP contribution in [0.3, 0.4) is 0 Å². The molecule has 1 saturated heterocycles. The summed E-state index contributed by atoms with van der Waals surface area (Å²) < 4.78 is 10.4. The van der Waals surface area contributed by atoms with Crippen LogP contribution < -0.4 is 0 Å². The van der Waals surface area contributed by atoms with E-state index < -0.39 is 5.60 Å². The molecule has 1 aromatic rings. The first-order valence-electron chi connectivity index (χ1n) is 9.64. The SMILES string of the molecule is COC(=O)c1c(CC#N)sc(C(C)C2CCN(C(=O)OC(C)(C)C)CC2)c1C. The van der Waals surface area contributed by atoms with Crippen molar-refractivity contribution in [1.29, 1.82) is 5.26 Å². The molecule has 0 N–H and O–H groups in total. The summed E-state index contributed by atoms with van der Waals surface area (Å²) in [6, 6.07) is 2.14. The fourth-order valence-electron chi connectivity index (χ4n) is 3.71. The second-order valence-corrected chi connectivity index (χ2v) is 9.45. The lowest BCUT2D eigenvalue weighted by Crippen LogP contribution is -2.42. The number of ether oxygens (including phenoxy) is 2. The van der Waals surface area contributed by atoms with Gasteiger partial charge in [-0.25, -0.2) is 9.59 Å². The minimum atomic E-state index is -0.489. The summed E-state index contributed by atoms with van der Waals surface area (Å²) in [5, 5.41) is 9.10. The number of hydrogen-bond donors (Lipinski definition) is 0. The zero-order valence-corrected chi connectivity index (χ0v) is 18.4. The number of nitrogens with zero attached hydrogens (tertiary/aromatic N) is 2. The van der Waals surface area contributed by atoms with Crippen molar-refractivity contribution in [2.45, 2.75) is 65.4 Å². The first-order valence-corrected chi connectivity index (χ1v) is 10.5. The van der Waals surface area contributed by atoms with Crippen molar-refractivity contribution in [3.8, 4) is 6.07 Å². The molecular weight excluding hydrogens is 376 g/mol.